The Kier molecular flexibility index (Phi) is 3.50. The zero-order valence-corrected chi connectivity index (χ0v) is 10.7. The molecule has 1 aromatic rings. The molecule has 2 rings (SSSR count). The molecule has 94 valence electrons. The first-order chi connectivity index (χ1) is 8.11. The van der Waals surface area contributed by atoms with Gasteiger partial charge >= 0.3 is 5.97 Å². The van der Waals surface area contributed by atoms with Crippen LogP contribution in [0.4, 0.5) is 0 Å². The van der Waals surface area contributed by atoms with Gasteiger partial charge in [-0.2, -0.15) is 0 Å². The van der Waals surface area contributed by atoms with Crippen LogP contribution in [-0.4, -0.2) is 18.1 Å². The molecular formula is C13H19NO3. The molecule has 0 saturated heterocycles. The Labute approximate surface area is 101 Å². The summed E-state index contributed by atoms with van der Waals surface area (Å²) in [7, 11) is 1.45. The first kappa shape index (κ1) is 12.1. The number of hydrogen-bond donors (Lipinski definition) is 0. The molecule has 0 unspecified atom stereocenters. The van der Waals surface area contributed by atoms with Gasteiger partial charge in [-0.25, -0.2) is 4.98 Å². The highest BCUT2D eigenvalue weighted by molar-refractivity contribution is 5.72. The summed E-state index contributed by atoms with van der Waals surface area (Å²) in [5.41, 5.74) is 0.968. The van der Waals surface area contributed by atoms with Gasteiger partial charge in [0.05, 0.1) is 18.7 Å². The normalized spacial score (nSPS) is 24.6. The van der Waals surface area contributed by atoms with E-state index in [2.05, 4.69) is 4.98 Å². The molecular weight excluding hydrogens is 218 g/mol. The van der Waals surface area contributed by atoms with Crippen molar-refractivity contribution in [3.8, 4) is 0 Å². The van der Waals surface area contributed by atoms with Crippen LogP contribution >= 0.6 is 0 Å². The number of oxazole rings is 1. The zero-order chi connectivity index (χ0) is 12.4. The third-order valence-corrected chi connectivity index (χ3v) is 3.66. The second kappa shape index (κ2) is 4.90. The van der Waals surface area contributed by atoms with Crippen LogP contribution in [0, 0.1) is 19.8 Å². The lowest BCUT2D eigenvalue weighted by Crippen LogP contribution is -2.22. The minimum Gasteiger partial charge on any atom is -0.469 e. The second-order valence-electron chi connectivity index (χ2n) is 4.77. The van der Waals surface area contributed by atoms with E-state index in [-0.39, 0.29) is 11.9 Å². The minimum atomic E-state index is -0.0804. The number of ether oxygens (including phenoxy) is 1. The molecule has 1 fully saturated rings. The molecule has 1 aromatic heterocycles. The monoisotopic (exact) mass is 237 g/mol. The Hall–Kier alpha value is -1.32. The van der Waals surface area contributed by atoms with Crippen LogP contribution < -0.4 is 0 Å². The quantitative estimate of drug-likeness (QED) is 0.742. The average Bonchev–Trinajstić information content (AvgIpc) is 2.69. The molecule has 0 amide bonds. The summed E-state index contributed by atoms with van der Waals surface area (Å²) < 4.78 is 10.4. The highest BCUT2D eigenvalue weighted by Gasteiger charge is 2.30. The van der Waals surface area contributed by atoms with E-state index in [1.54, 1.807) is 0 Å². The van der Waals surface area contributed by atoms with Gasteiger partial charge in [-0.1, -0.05) is 0 Å². The summed E-state index contributed by atoms with van der Waals surface area (Å²) in [4.78, 5) is 15.8. The molecule has 4 nitrogen and oxygen atoms in total. The second-order valence-corrected chi connectivity index (χ2v) is 4.77. The molecule has 0 bridgehead atoms. The summed E-state index contributed by atoms with van der Waals surface area (Å²) >= 11 is 0. The summed E-state index contributed by atoms with van der Waals surface area (Å²) in [5.74, 6) is 2.08. The van der Waals surface area contributed by atoms with Crippen molar-refractivity contribution in [2.45, 2.75) is 45.4 Å². The Bertz CT molecular complexity index is 383. The Balaban J connectivity index is 1.97. The number of aryl methyl sites for hydroxylation is 2. The van der Waals surface area contributed by atoms with Crippen LogP contribution in [-0.2, 0) is 9.53 Å². The van der Waals surface area contributed by atoms with Crippen molar-refractivity contribution in [3.05, 3.63) is 17.3 Å². The van der Waals surface area contributed by atoms with E-state index in [1.165, 1.54) is 7.11 Å². The number of esters is 1. The molecule has 1 aliphatic rings. The Morgan fingerprint density at radius 2 is 1.94 bits per heavy atom. The smallest absolute Gasteiger partial charge is 0.308 e. The molecule has 4 heteroatoms. The summed E-state index contributed by atoms with van der Waals surface area (Å²) in [5, 5.41) is 0. The molecule has 0 aliphatic heterocycles. The minimum absolute atomic E-state index is 0.0633. The summed E-state index contributed by atoms with van der Waals surface area (Å²) in [6.07, 6.45) is 3.66. The number of nitrogens with zero attached hydrogens (tertiary/aromatic N) is 1. The molecule has 0 radical (unpaired) electrons. The van der Waals surface area contributed by atoms with Gasteiger partial charge in [-0.05, 0) is 39.5 Å². The standard InChI is InChI=1S/C13H19NO3/c1-8-9(2)17-12(14-8)10-4-6-11(7-5-10)13(15)16-3/h10-11H,4-7H2,1-3H3/t10-,11-. The van der Waals surface area contributed by atoms with E-state index in [0.717, 1.165) is 43.0 Å². The lowest BCUT2D eigenvalue weighted by atomic mass is 9.82. The van der Waals surface area contributed by atoms with Crippen LogP contribution in [0.3, 0.4) is 0 Å². The number of hydrogen-bond acceptors (Lipinski definition) is 4. The van der Waals surface area contributed by atoms with Gasteiger partial charge in [0.15, 0.2) is 5.89 Å². The Morgan fingerprint density at radius 1 is 1.29 bits per heavy atom. The molecule has 1 aliphatic carbocycles. The van der Waals surface area contributed by atoms with Gasteiger partial charge in [0.1, 0.15) is 5.76 Å². The topological polar surface area (TPSA) is 52.3 Å². The summed E-state index contributed by atoms with van der Waals surface area (Å²) in [6, 6.07) is 0. The van der Waals surface area contributed by atoms with Crippen LogP contribution in [0.2, 0.25) is 0 Å². The molecule has 17 heavy (non-hydrogen) atoms. The van der Waals surface area contributed by atoms with E-state index in [0.29, 0.717) is 5.92 Å². The van der Waals surface area contributed by atoms with E-state index in [9.17, 15) is 4.79 Å². The lowest BCUT2D eigenvalue weighted by Gasteiger charge is -2.24. The van der Waals surface area contributed by atoms with Gasteiger partial charge in [0.25, 0.3) is 0 Å². The third kappa shape index (κ3) is 2.51. The Morgan fingerprint density at radius 3 is 2.41 bits per heavy atom. The van der Waals surface area contributed by atoms with Gasteiger partial charge in [0.2, 0.25) is 0 Å². The highest BCUT2D eigenvalue weighted by atomic mass is 16.5. The van der Waals surface area contributed by atoms with E-state index >= 15 is 0 Å². The predicted octanol–water partition coefficient (Wildman–Crippen LogP) is 2.74. The zero-order valence-electron chi connectivity index (χ0n) is 10.7. The molecule has 1 heterocycles. The maximum atomic E-state index is 11.4. The predicted molar refractivity (Wildman–Crippen MR) is 62.7 cm³/mol. The molecule has 0 spiro atoms. The van der Waals surface area contributed by atoms with Gasteiger partial charge < -0.3 is 9.15 Å². The largest absolute Gasteiger partial charge is 0.469 e. The fourth-order valence-corrected chi connectivity index (χ4v) is 2.41. The van der Waals surface area contributed by atoms with Crippen molar-refractivity contribution < 1.29 is 13.9 Å². The van der Waals surface area contributed by atoms with Crippen molar-refractivity contribution in [2.75, 3.05) is 7.11 Å². The van der Waals surface area contributed by atoms with Gasteiger partial charge in [0, 0.05) is 5.92 Å². The van der Waals surface area contributed by atoms with Gasteiger partial charge in [-0.3, -0.25) is 4.79 Å². The molecule has 0 aromatic carbocycles. The van der Waals surface area contributed by atoms with Crippen molar-refractivity contribution in [1.29, 1.82) is 0 Å². The van der Waals surface area contributed by atoms with Crippen LogP contribution in [0.1, 0.15) is 48.9 Å². The number of rotatable bonds is 2. The summed E-state index contributed by atoms with van der Waals surface area (Å²) in [6.45, 7) is 3.90. The fourth-order valence-electron chi connectivity index (χ4n) is 2.41. The van der Waals surface area contributed by atoms with Crippen molar-refractivity contribution in [1.82, 2.24) is 4.98 Å². The first-order valence-electron chi connectivity index (χ1n) is 6.13. The van der Waals surface area contributed by atoms with E-state index in [4.69, 9.17) is 9.15 Å². The number of aromatic nitrogens is 1. The average molecular weight is 237 g/mol. The molecule has 1 saturated carbocycles. The molecule has 0 N–H and O–H groups in total. The lowest BCUT2D eigenvalue weighted by molar-refractivity contribution is -0.146. The van der Waals surface area contributed by atoms with Crippen molar-refractivity contribution >= 4 is 5.97 Å². The van der Waals surface area contributed by atoms with Gasteiger partial charge in [-0.15, -0.1) is 0 Å². The van der Waals surface area contributed by atoms with Crippen molar-refractivity contribution in [3.63, 3.8) is 0 Å². The maximum absolute atomic E-state index is 11.4. The fraction of sp³-hybridized carbons (Fsp3) is 0.692. The molecule has 0 atom stereocenters. The number of carbonyl (C=O) groups excluding carboxylic acids is 1. The van der Waals surface area contributed by atoms with Crippen LogP contribution in [0.25, 0.3) is 0 Å². The van der Waals surface area contributed by atoms with E-state index in [1.807, 2.05) is 13.8 Å². The third-order valence-electron chi connectivity index (χ3n) is 3.66. The highest BCUT2D eigenvalue weighted by Crippen LogP contribution is 2.36. The van der Waals surface area contributed by atoms with Crippen LogP contribution in [0.5, 0.6) is 0 Å². The van der Waals surface area contributed by atoms with Crippen LogP contribution in [0.15, 0.2) is 4.42 Å². The number of carbonyl (C=O) groups is 1. The van der Waals surface area contributed by atoms with E-state index < -0.39 is 0 Å². The SMILES string of the molecule is COC(=O)[C@H]1CC[C@H](c2nc(C)c(C)o2)CC1. The first-order valence-corrected chi connectivity index (χ1v) is 6.13. The maximum Gasteiger partial charge on any atom is 0.308 e. The van der Waals surface area contributed by atoms with Crippen molar-refractivity contribution in [2.24, 2.45) is 5.92 Å². The number of methoxy groups -OCH3 is 1.